The van der Waals surface area contributed by atoms with Crippen molar-refractivity contribution >= 4 is 23.5 Å². The molecular formula is C12H12N4O3. The summed E-state index contributed by atoms with van der Waals surface area (Å²) in [6.45, 7) is 8.58. The third-order valence-electron chi connectivity index (χ3n) is 1.86. The van der Waals surface area contributed by atoms with Gasteiger partial charge < -0.3 is 9.58 Å². The van der Waals surface area contributed by atoms with Gasteiger partial charge in [0.25, 0.3) is 5.91 Å². The van der Waals surface area contributed by atoms with E-state index in [9.17, 15) is 9.59 Å². The van der Waals surface area contributed by atoms with Crippen molar-refractivity contribution < 1.29 is 14.3 Å². The van der Waals surface area contributed by atoms with Crippen molar-refractivity contribution in [3.8, 4) is 0 Å². The van der Waals surface area contributed by atoms with Crippen LogP contribution in [0.4, 0.5) is 10.5 Å². The highest BCUT2D eigenvalue weighted by molar-refractivity contribution is 6.43. The highest BCUT2D eigenvalue weighted by atomic mass is 16.5. The van der Waals surface area contributed by atoms with Crippen LogP contribution in [-0.4, -0.2) is 24.4 Å². The Morgan fingerprint density at radius 3 is 2.63 bits per heavy atom. The van der Waals surface area contributed by atoms with Crippen LogP contribution in [0.5, 0.6) is 0 Å². The second-order valence-corrected chi connectivity index (χ2v) is 3.20. The van der Waals surface area contributed by atoms with Gasteiger partial charge >= 0.3 is 11.9 Å². The minimum atomic E-state index is -0.920. The number of imide groups is 1. The van der Waals surface area contributed by atoms with E-state index in [4.69, 9.17) is 6.57 Å². The molecule has 0 spiro atoms. The van der Waals surface area contributed by atoms with Gasteiger partial charge in [-0.2, -0.15) is 0 Å². The molecule has 1 aromatic rings. The van der Waals surface area contributed by atoms with E-state index in [1.165, 1.54) is 0 Å². The van der Waals surface area contributed by atoms with E-state index in [1.807, 2.05) is 11.4 Å². The van der Waals surface area contributed by atoms with E-state index in [0.717, 1.165) is 0 Å². The fraction of sp³-hybridized carbons (Fsp3) is 0.167. The SMILES string of the molecule is [C-]#[N+]/C(=N/Nc1ccccc1)C(=O)NC(=O)OCC. The summed E-state index contributed by atoms with van der Waals surface area (Å²) < 4.78 is 4.52. The van der Waals surface area contributed by atoms with E-state index in [2.05, 4.69) is 20.1 Å². The Balaban J connectivity index is 2.65. The number of rotatable bonds is 3. The average Bonchev–Trinajstić information content (AvgIpc) is 2.40. The molecule has 7 heteroatoms. The second-order valence-electron chi connectivity index (χ2n) is 3.20. The number of hydrogen-bond donors (Lipinski definition) is 2. The number of alkyl carbamates (subject to hydrolysis) is 1. The Hall–Kier alpha value is -2.88. The Bertz CT molecular complexity index is 520. The summed E-state index contributed by atoms with van der Waals surface area (Å²) in [5.74, 6) is -1.41. The van der Waals surface area contributed by atoms with E-state index in [1.54, 1.807) is 31.2 Å². The number of hydrazone groups is 1. The Kier molecular flexibility index (Phi) is 5.56. The summed E-state index contributed by atoms with van der Waals surface area (Å²) in [5.41, 5.74) is 3.16. The first-order valence-corrected chi connectivity index (χ1v) is 5.41. The average molecular weight is 260 g/mol. The Morgan fingerprint density at radius 1 is 1.37 bits per heavy atom. The Labute approximate surface area is 110 Å². The number of ether oxygens (including phenoxy) is 1. The van der Waals surface area contributed by atoms with Gasteiger partial charge in [-0.15, -0.1) is 0 Å². The summed E-state index contributed by atoms with van der Waals surface area (Å²) >= 11 is 0. The minimum Gasteiger partial charge on any atom is -0.450 e. The molecule has 7 nitrogen and oxygen atoms in total. The summed E-state index contributed by atoms with van der Waals surface area (Å²) in [6.07, 6.45) is -0.913. The highest BCUT2D eigenvalue weighted by Gasteiger charge is 2.16. The van der Waals surface area contributed by atoms with Gasteiger partial charge in [0, 0.05) is 0 Å². The van der Waals surface area contributed by atoms with Crippen LogP contribution in [0.3, 0.4) is 0 Å². The van der Waals surface area contributed by atoms with Gasteiger partial charge in [-0.3, -0.25) is 10.1 Å². The van der Waals surface area contributed by atoms with Gasteiger partial charge in [-0.05, 0) is 24.2 Å². The lowest BCUT2D eigenvalue weighted by Gasteiger charge is -2.02. The molecule has 1 aromatic carbocycles. The first-order chi connectivity index (χ1) is 9.17. The molecule has 0 saturated carbocycles. The van der Waals surface area contributed by atoms with Crippen molar-refractivity contribution in [1.82, 2.24) is 5.32 Å². The first kappa shape index (κ1) is 14.2. The molecule has 0 bridgehead atoms. The zero-order valence-electron chi connectivity index (χ0n) is 10.2. The predicted molar refractivity (Wildman–Crippen MR) is 69.3 cm³/mol. The van der Waals surface area contributed by atoms with Crippen LogP contribution in [0.15, 0.2) is 35.4 Å². The molecule has 0 aliphatic heterocycles. The lowest BCUT2D eigenvalue weighted by atomic mass is 10.3. The number of amides is 2. The number of hydrogen-bond acceptors (Lipinski definition) is 5. The second kappa shape index (κ2) is 7.45. The van der Waals surface area contributed by atoms with Gasteiger partial charge in [0.2, 0.25) is 0 Å². The fourth-order valence-electron chi connectivity index (χ4n) is 1.07. The van der Waals surface area contributed by atoms with Gasteiger partial charge in [-0.25, -0.2) is 10.2 Å². The molecular weight excluding hydrogens is 248 g/mol. The van der Waals surface area contributed by atoms with Gasteiger partial charge in [0.05, 0.1) is 12.3 Å². The quantitative estimate of drug-likeness (QED) is 0.374. The van der Waals surface area contributed by atoms with Crippen molar-refractivity contribution in [2.75, 3.05) is 12.0 Å². The summed E-state index contributed by atoms with van der Waals surface area (Å²) in [6, 6.07) is 8.79. The number of carbonyl (C=O) groups is 2. The van der Waals surface area contributed by atoms with Gasteiger partial charge in [-0.1, -0.05) is 24.8 Å². The number of para-hydroxylation sites is 1. The maximum atomic E-state index is 11.5. The van der Waals surface area contributed by atoms with Crippen LogP contribution >= 0.6 is 0 Å². The molecule has 0 radical (unpaired) electrons. The summed E-state index contributed by atoms with van der Waals surface area (Å²) in [7, 11) is 0. The molecule has 0 atom stereocenters. The molecule has 0 aliphatic rings. The number of anilines is 1. The highest BCUT2D eigenvalue weighted by Crippen LogP contribution is 2.04. The van der Waals surface area contributed by atoms with E-state index >= 15 is 0 Å². The molecule has 0 unspecified atom stereocenters. The van der Waals surface area contributed by atoms with E-state index in [-0.39, 0.29) is 6.61 Å². The van der Waals surface area contributed by atoms with E-state index in [0.29, 0.717) is 5.69 Å². The molecule has 2 N–H and O–H groups in total. The number of benzene rings is 1. The molecule has 0 fully saturated rings. The maximum absolute atomic E-state index is 11.5. The topological polar surface area (TPSA) is 84.2 Å². The smallest absolute Gasteiger partial charge is 0.413 e. The molecule has 0 aromatic heterocycles. The van der Waals surface area contributed by atoms with E-state index < -0.39 is 17.8 Å². The normalized spacial score (nSPS) is 10.2. The van der Waals surface area contributed by atoms with Gasteiger partial charge in [0.1, 0.15) is 0 Å². The lowest BCUT2D eigenvalue weighted by Crippen LogP contribution is -2.35. The number of amidine groups is 1. The van der Waals surface area contributed by atoms with Crippen LogP contribution in [0.1, 0.15) is 6.92 Å². The van der Waals surface area contributed by atoms with Crippen LogP contribution in [-0.2, 0) is 9.53 Å². The minimum absolute atomic E-state index is 0.131. The maximum Gasteiger partial charge on any atom is 0.413 e. The monoisotopic (exact) mass is 260 g/mol. The molecule has 1 rings (SSSR count). The van der Waals surface area contributed by atoms with Crippen molar-refractivity contribution in [2.45, 2.75) is 6.92 Å². The zero-order chi connectivity index (χ0) is 14.1. The standard InChI is InChI=1S/C12H12N4O3/c1-3-19-12(18)14-11(17)10(13-2)16-15-9-7-5-4-6-8-9/h4-8,15H,3H2,1H3,(H,14,17,18)/b16-10+. The summed E-state index contributed by atoms with van der Waals surface area (Å²) in [5, 5.41) is 5.50. The summed E-state index contributed by atoms with van der Waals surface area (Å²) in [4.78, 5) is 25.4. The Morgan fingerprint density at radius 2 is 2.05 bits per heavy atom. The van der Waals surface area contributed by atoms with Crippen LogP contribution in [0, 0.1) is 6.57 Å². The number of nitrogens with zero attached hydrogens (tertiary/aromatic N) is 2. The van der Waals surface area contributed by atoms with Crippen molar-refractivity contribution in [3.63, 3.8) is 0 Å². The van der Waals surface area contributed by atoms with Crippen molar-refractivity contribution in [2.24, 2.45) is 5.10 Å². The van der Waals surface area contributed by atoms with Crippen LogP contribution in [0.25, 0.3) is 4.85 Å². The van der Waals surface area contributed by atoms with Crippen LogP contribution in [0.2, 0.25) is 0 Å². The predicted octanol–water partition coefficient (Wildman–Crippen LogP) is 1.60. The molecule has 0 aliphatic carbocycles. The molecule has 98 valence electrons. The zero-order valence-corrected chi connectivity index (χ0v) is 10.2. The number of nitrogens with one attached hydrogen (secondary N) is 2. The molecule has 19 heavy (non-hydrogen) atoms. The molecule has 0 saturated heterocycles. The lowest BCUT2D eigenvalue weighted by molar-refractivity contribution is -0.114. The van der Waals surface area contributed by atoms with Crippen molar-refractivity contribution in [1.29, 1.82) is 0 Å². The fourth-order valence-corrected chi connectivity index (χ4v) is 1.07. The first-order valence-electron chi connectivity index (χ1n) is 5.41. The van der Waals surface area contributed by atoms with Crippen molar-refractivity contribution in [3.05, 3.63) is 41.7 Å². The molecule has 0 heterocycles. The molecule has 2 amide bonds. The largest absolute Gasteiger partial charge is 0.450 e. The van der Waals surface area contributed by atoms with Gasteiger partial charge in [0.15, 0.2) is 0 Å². The third kappa shape index (κ3) is 4.87. The third-order valence-corrected chi connectivity index (χ3v) is 1.86. The van der Waals surface area contributed by atoms with Crippen LogP contribution < -0.4 is 10.7 Å². The number of carbonyl (C=O) groups excluding carboxylic acids is 2.